The maximum Gasteiger partial charge on any atom is 0.145 e. The number of nitrogens with zero attached hydrogens (tertiary/aromatic N) is 2. The quantitative estimate of drug-likeness (QED) is 0.800. The van der Waals surface area contributed by atoms with E-state index in [0.29, 0.717) is 17.1 Å². The molecular weight excluding hydrogens is 211 g/mol. The van der Waals surface area contributed by atoms with Crippen LogP contribution in [0.15, 0.2) is 22.8 Å². The van der Waals surface area contributed by atoms with E-state index in [9.17, 15) is 4.39 Å². The van der Waals surface area contributed by atoms with Gasteiger partial charge in [0.1, 0.15) is 29.6 Å². The first-order valence-electron chi connectivity index (χ1n) is 4.84. The first-order valence-corrected chi connectivity index (χ1v) is 4.84. The molecule has 16 heavy (non-hydrogen) atoms. The zero-order valence-electron chi connectivity index (χ0n) is 9.03. The van der Waals surface area contributed by atoms with Crippen LogP contribution < -0.4 is 4.74 Å². The van der Waals surface area contributed by atoms with Gasteiger partial charge in [0.05, 0.1) is 0 Å². The van der Waals surface area contributed by atoms with E-state index in [4.69, 9.17) is 4.74 Å². The summed E-state index contributed by atoms with van der Waals surface area (Å²) in [5, 5.41) is 7.33. The second-order valence-corrected chi connectivity index (χ2v) is 3.49. The first-order chi connectivity index (χ1) is 7.66. The number of aryl methyl sites for hydroxylation is 2. The molecular formula is C11H11FN2O2. The summed E-state index contributed by atoms with van der Waals surface area (Å²) in [4.78, 5) is 0. The molecule has 0 N–H and O–H groups in total. The van der Waals surface area contributed by atoms with Crippen LogP contribution in [0, 0.1) is 19.7 Å². The molecule has 0 aliphatic rings. The Kier molecular flexibility index (Phi) is 2.85. The van der Waals surface area contributed by atoms with Crippen molar-refractivity contribution >= 4 is 0 Å². The molecule has 0 amide bonds. The standard InChI is InChI=1S/C11H11FN2O2/c1-7-5-9(12)3-4-11(7)15-6-10-8(2)13-16-14-10/h3-5H,6H2,1-2H3. The summed E-state index contributed by atoms with van der Waals surface area (Å²) in [6.07, 6.45) is 0. The van der Waals surface area contributed by atoms with Gasteiger partial charge in [-0.3, -0.25) is 0 Å². The highest BCUT2D eigenvalue weighted by atomic mass is 19.1. The Labute approximate surface area is 92.0 Å². The average molecular weight is 222 g/mol. The van der Waals surface area contributed by atoms with Gasteiger partial charge >= 0.3 is 0 Å². The van der Waals surface area contributed by atoms with Crippen LogP contribution in [0.2, 0.25) is 0 Å². The molecule has 4 nitrogen and oxygen atoms in total. The number of hydrogen-bond donors (Lipinski definition) is 0. The molecule has 0 aliphatic heterocycles. The summed E-state index contributed by atoms with van der Waals surface area (Å²) in [5.41, 5.74) is 2.08. The van der Waals surface area contributed by atoms with Gasteiger partial charge < -0.3 is 4.74 Å². The van der Waals surface area contributed by atoms with Gasteiger partial charge in [0.15, 0.2) is 0 Å². The van der Waals surface area contributed by atoms with E-state index in [1.807, 2.05) is 0 Å². The summed E-state index contributed by atoms with van der Waals surface area (Å²) in [6.45, 7) is 3.83. The molecule has 0 spiro atoms. The Morgan fingerprint density at radius 1 is 1.31 bits per heavy atom. The molecule has 2 rings (SSSR count). The van der Waals surface area contributed by atoms with E-state index in [2.05, 4.69) is 14.9 Å². The minimum absolute atomic E-state index is 0.266. The van der Waals surface area contributed by atoms with Crippen molar-refractivity contribution in [3.63, 3.8) is 0 Å². The van der Waals surface area contributed by atoms with Crippen molar-refractivity contribution in [3.05, 3.63) is 41.0 Å². The van der Waals surface area contributed by atoms with E-state index >= 15 is 0 Å². The number of rotatable bonds is 3. The summed E-state index contributed by atoms with van der Waals surface area (Å²) in [6, 6.07) is 4.37. The topological polar surface area (TPSA) is 48.2 Å². The monoisotopic (exact) mass is 222 g/mol. The van der Waals surface area contributed by atoms with Crippen molar-refractivity contribution in [1.82, 2.24) is 10.3 Å². The van der Waals surface area contributed by atoms with E-state index in [0.717, 1.165) is 5.56 Å². The van der Waals surface area contributed by atoms with Crippen molar-refractivity contribution in [3.8, 4) is 5.75 Å². The second-order valence-electron chi connectivity index (χ2n) is 3.49. The number of hydrogen-bond acceptors (Lipinski definition) is 4. The highest BCUT2D eigenvalue weighted by Crippen LogP contribution is 2.19. The molecule has 0 fully saturated rings. The van der Waals surface area contributed by atoms with Crippen molar-refractivity contribution in [2.75, 3.05) is 0 Å². The number of halogens is 1. The molecule has 0 saturated heterocycles. The Bertz CT molecular complexity index is 496. The molecule has 0 atom stereocenters. The lowest BCUT2D eigenvalue weighted by Crippen LogP contribution is -1.99. The molecule has 1 aromatic carbocycles. The van der Waals surface area contributed by atoms with Crippen LogP contribution in [-0.4, -0.2) is 10.3 Å². The third-order valence-electron chi connectivity index (χ3n) is 2.25. The Morgan fingerprint density at radius 2 is 2.12 bits per heavy atom. The van der Waals surface area contributed by atoms with Gasteiger partial charge in [0.2, 0.25) is 0 Å². The van der Waals surface area contributed by atoms with Crippen LogP contribution in [0.5, 0.6) is 5.75 Å². The van der Waals surface area contributed by atoms with Crippen LogP contribution in [-0.2, 0) is 6.61 Å². The fourth-order valence-electron chi connectivity index (χ4n) is 1.30. The highest BCUT2D eigenvalue weighted by molar-refractivity contribution is 5.32. The van der Waals surface area contributed by atoms with Gasteiger partial charge in [0, 0.05) is 0 Å². The maximum atomic E-state index is 12.8. The van der Waals surface area contributed by atoms with Crippen LogP contribution in [0.4, 0.5) is 4.39 Å². The molecule has 2 aromatic rings. The molecule has 1 aromatic heterocycles. The van der Waals surface area contributed by atoms with Crippen LogP contribution >= 0.6 is 0 Å². The van der Waals surface area contributed by atoms with E-state index in [1.165, 1.54) is 12.1 Å². The van der Waals surface area contributed by atoms with Gasteiger partial charge in [-0.05, 0) is 37.6 Å². The number of aromatic nitrogens is 2. The van der Waals surface area contributed by atoms with Crippen LogP contribution in [0.25, 0.3) is 0 Å². The summed E-state index contributed by atoms with van der Waals surface area (Å²) >= 11 is 0. The Morgan fingerprint density at radius 3 is 2.75 bits per heavy atom. The minimum Gasteiger partial charge on any atom is -0.487 e. The SMILES string of the molecule is Cc1cc(F)ccc1OCc1nonc1C. The third kappa shape index (κ3) is 2.18. The fraction of sp³-hybridized carbons (Fsp3) is 0.273. The lowest BCUT2D eigenvalue weighted by molar-refractivity contribution is 0.269. The molecule has 0 aliphatic carbocycles. The van der Waals surface area contributed by atoms with Crippen LogP contribution in [0.1, 0.15) is 17.0 Å². The normalized spacial score (nSPS) is 10.4. The van der Waals surface area contributed by atoms with Crippen molar-refractivity contribution in [2.24, 2.45) is 0 Å². The minimum atomic E-state index is -0.274. The summed E-state index contributed by atoms with van der Waals surface area (Å²) in [7, 11) is 0. The lowest BCUT2D eigenvalue weighted by atomic mass is 10.2. The number of benzene rings is 1. The predicted octanol–water partition coefficient (Wildman–Crippen LogP) is 2.40. The zero-order valence-corrected chi connectivity index (χ0v) is 9.03. The molecule has 1 heterocycles. The van der Waals surface area contributed by atoms with E-state index in [1.54, 1.807) is 19.9 Å². The third-order valence-corrected chi connectivity index (χ3v) is 2.25. The second kappa shape index (κ2) is 4.30. The van der Waals surface area contributed by atoms with Crippen molar-refractivity contribution < 1.29 is 13.8 Å². The van der Waals surface area contributed by atoms with Gasteiger partial charge in [0.25, 0.3) is 0 Å². The Hall–Kier alpha value is -1.91. The van der Waals surface area contributed by atoms with Crippen LogP contribution in [0.3, 0.4) is 0 Å². The summed E-state index contributed by atoms with van der Waals surface area (Å²) < 4.78 is 22.9. The number of ether oxygens (including phenoxy) is 1. The van der Waals surface area contributed by atoms with Gasteiger partial charge in [-0.1, -0.05) is 10.3 Å². The first kappa shape index (κ1) is 10.6. The molecule has 84 valence electrons. The summed E-state index contributed by atoms with van der Waals surface area (Å²) in [5.74, 6) is 0.355. The van der Waals surface area contributed by atoms with E-state index in [-0.39, 0.29) is 12.4 Å². The zero-order chi connectivity index (χ0) is 11.5. The van der Waals surface area contributed by atoms with Crippen molar-refractivity contribution in [2.45, 2.75) is 20.5 Å². The largest absolute Gasteiger partial charge is 0.487 e. The molecule has 0 unspecified atom stereocenters. The van der Waals surface area contributed by atoms with Crippen molar-refractivity contribution in [1.29, 1.82) is 0 Å². The van der Waals surface area contributed by atoms with E-state index < -0.39 is 0 Å². The molecule has 0 saturated carbocycles. The average Bonchev–Trinajstić information content (AvgIpc) is 2.63. The highest BCUT2D eigenvalue weighted by Gasteiger charge is 2.07. The van der Waals surface area contributed by atoms with Gasteiger partial charge in [-0.25, -0.2) is 9.02 Å². The van der Waals surface area contributed by atoms with Gasteiger partial charge in [-0.2, -0.15) is 0 Å². The maximum absolute atomic E-state index is 12.8. The molecule has 5 heteroatoms. The van der Waals surface area contributed by atoms with Gasteiger partial charge in [-0.15, -0.1) is 0 Å². The Balaban J connectivity index is 2.08. The molecule has 0 radical (unpaired) electrons. The predicted molar refractivity (Wildman–Crippen MR) is 54.5 cm³/mol. The fourth-order valence-corrected chi connectivity index (χ4v) is 1.30. The molecule has 0 bridgehead atoms. The smallest absolute Gasteiger partial charge is 0.145 e. The lowest BCUT2D eigenvalue weighted by Gasteiger charge is -2.07.